The van der Waals surface area contributed by atoms with Crippen LogP contribution < -0.4 is 5.56 Å². The van der Waals surface area contributed by atoms with Crippen molar-refractivity contribution in [2.24, 2.45) is 0 Å². The number of aliphatic hydroxyl groups excluding tert-OH is 1. The van der Waals surface area contributed by atoms with Gasteiger partial charge in [0.15, 0.2) is 0 Å². The maximum atomic E-state index is 12.5. The number of hydrogen-bond acceptors (Lipinski definition) is 3. The van der Waals surface area contributed by atoms with E-state index in [9.17, 15) is 9.90 Å². The first-order valence-electron chi connectivity index (χ1n) is 10.4. The zero-order valence-electron chi connectivity index (χ0n) is 16.6. The number of aryl methyl sites for hydroxylation is 1. The number of aliphatic hydroxyl groups is 1. The highest BCUT2D eigenvalue weighted by Crippen LogP contribution is 2.39. The summed E-state index contributed by atoms with van der Waals surface area (Å²) in [6.07, 6.45) is 6.58. The molecule has 0 unspecified atom stereocenters. The molecule has 2 aromatic carbocycles. The highest BCUT2D eigenvalue weighted by atomic mass is 32.1. The maximum absolute atomic E-state index is 12.5. The van der Waals surface area contributed by atoms with E-state index in [0.717, 1.165) is 43.2 Å². The lowest BCUT2D eigenvalue weighted by atomic mass is 9.83. The van der Waals surface area contributed by atoms with Crippen LogP contribution in [0.2, 0.25) is 0 Å². The fraction of sp³-hybridized carbons (Fsp3) is 0.320. The summed E-state index contributed by atoms with van der Waals surface area (Å²) in [5.74, 6) is 0.671. The van der Waals surface area contributed by atoms with E-state index in [1.54, 1.807) is 0 Å². The number of rotatable bonds is 3. The number of benzene rings is 2. The van der Waals surface area contributed by atoms with Crippen molar-refractivity contribution in [2.75, 3.05) is 0 Å². The van der Waals surface area contributed by atoms with Gasteiger partial charge in [-0.05, 0) is 64.9 Å². The molecular formula is C25H25NO2S. The van der Waals surface area contributed by atoms with Crippen LogP contribution >= 0.6 is 11.3 Å². The van der Waals surface area contributed by atoms with Gasteiger partial charge in [-0.25, -0.2) is 0 Å². The van der Waals surface area contributed by atoms with E-state index in [0.29, 0.717) is 5.92 Å². The Morgan fingerprint density at radius 3 is 2.59 bits per heavy atom. The van der Waals surface area contributed by atoms with E-state index >= 15 is 0 Å². The highest BCUT2D eigenvalue weighted by molar-refractivity contribution is 7.17. The Kier molecular flexibility index (Phi) is 4.76. The quantitative estimate of drug-likeness (QED) is 0.424. The van der Waals surface area contributed by atoms with Gasteiger partial charge in [-0.1, -0.05) is 49.6 Å². The second-order valence-electron chi connectivity index (χ2n) is 8.21. The number of aromatic nitrogens is 1. The Bertz CT molecular complexity index is 1240. The van der Waals surface area contributed by atoms with Gasteiger partial charge in [0.1, 0.15) is 4.70 Å². The lowest BCUT2D eigenvalue weighted by molar-refractivity contribution is 0.282. The van der Waals surface area contributed by atoms with Gasteiger partial charge in [0.2, 0.25) is 0 Å². The predicted molar refractivity (Wildman–Crippen MR) is 122 cm³/mol. The van der Waals surface area contributed by atoms with Crippen molar-refractivity contribution in [3.05, 3.63) is 68.8 Å². The number of hydrogen-bond donors (Lipinski definition) is 2. The molecule has 0 amide bonds. The molecule has 4 heteroatoms. The molecule has 3 nitrogen and oxygen atoms in total. The topological polar surface area (TPSA) is 53.1 Å². The summed E-state index contributed by atoms with van der Waals surface area (Å²) in [6.45, 7) is 1.97. The number of pyridine rings is 1. The molecule has 1 aliphatic carbocycles. The van der Waals surface area contributed by atoms with Crippen molar-refractivity contribution in [2.45, 2.75) is 51.6 Å². The smallest absolute Gasteiger partial charge is 0.266 e. The molecule has 1 saturated carbocycles. The third kappa shape index (κ3) is 3.11. The second kappa shape index (κ2) is 7.43. The largest absolute Gasteiger partial charge is 0.392 e. The minimum atomic E-state index is -0.0408. The number of nitrogens with one attached hydrogen (secondary N) is 1. The number of aromatic amines is 1. The maximum Gasteiger partial charge on any atom is 0.266 e. The molecular weight excluding hydrogens is 378 g/mol. The highest BCUT2D eigenvalue weighted by Gasteiger charge is 2.19. The zero-order chi connectivity index (χ0) is 20.0. The van der Waals surface area contributed by atoms with Crippen molar-refractivity contribution in [3.63, 3.8) is 0 Å². The van der Waals surface area contributed by atoms with Crippen molar-refractivity contribution in [1.29, 1.82) is 0 Å². The fourth-order valence-electron chi connectivity index (χ4n) is 4.98. The molecule has 2 aromatic heterocycles. The molecule has 1 aliphatic rings. The summed E-state index contributed by atoms with van der Waals surface area (Å²) in [7, 11) is 0. The second-order valence-corrected chi connectivity index (χ2v) is 9.13. The molecule has 0 bridgehead atoms. The lowest BCUT2D eigenvalue weighted by Crippen LogP contribution is -2.07. The molecule has 0 spiro atoms. The molecule has 0 aliphatic heterocycles. The van der Waals surface area contributed by atoms with Crippen LogP contribution in [-0.4, -0.2) is 10.1 Å². The Morgan fingerprint density at radius 2 is 1.86 bits per heavy atom. The van der Waals surface area contributed by atoms with Crippen LogP contribution in [0.5, 0.6) is 0 Å². The summed E-state index contributed by atoms with van der Waals surface area (Å²) >= 11 is 1.47. The predicted octanol–water partition coefficient (Wildman–Crippen LogP) is 6.26. The molecule has 29 heavy (non-hydrogen) atoms. The molecule has 2 N–H and O–H groups in total. The van der Waals surface area contributed by atoms with Crippen molar-refractivity contribution >= 4 is 32.3 Å². The SMILES string of the molecule is Cc1cc(CO)c(-c2ccc(C3CCCCC3)cc2)c2c1[nH]c(=O)c1sccc12. The first-order valence-corrected chi connectivity index (χ1v) is 11.3. The average molecular weight is 404 g/mol. The van der Waals surface area contributed by atoms with Crippen molar-refractivity contribution in [3.8, 4) is 11.1 Å². The standard InChI is InChI=1S/C25H25NO2S/c1-15-13-19(14-27)21(22-20-11-12-29-24(20)25(28)26-23(15)22)18-9-7-17(8-10-18)16-5-3-2-4-6-16/h7-13,16,27H,2-6,14H2,1H3,(H,26,28). The van der Waals surface area contributed by atoms with Crippen LogP contribution in [0.25, 0.3) is 32.1 Å². The van der Waals surface area contributed by atoms with Crippen molar-refractivity contribution in [1.82, 2.24) is 4.98 Å². The Morgan fingerprint density at radius 1 is 1.10 bits per heavy atom. The zero-order valence-corrected chi connectivity index (χ0v) is 17.4. The van der Waals surface area contributed by atoms with Gasteiger partial charge in [-0.15, -0.1) is 11.3 Å². The summed E-state index contributed by atoms with van der Waals surface area (Å²) in [5, 5.41) is 14.1. The lowest BCUT2D eigenvalue weighted by Gasteiger charge is -2.22. The molecule has 0 saturated heterocycles. The van der Waals surface area contributed by atoms with Gasteiger partial charge in [-0.2, -0.15) is 0 Å². The summed E-state index contributed by atoms with van der Waals surface area (Å²) in [6, 6.07) is 12.9. The summed E-state index contributed by atoms with van der Waals surface area (Å²) in [5.41, 5.74) is 6.26. The first kappa shape index (κ1) is 18.6. The normalized spacial score (nSPS) is 15.4. The molecule has 1 fully saturated rings. The Hall–Kier alpha value is -2.43. The molecule has 0 atom stereocenters. The molecule has 5 rings (SSSR count). The van der Waals surface area contributed by atoms with Crippen LogP contribution in [0.1, 0.15) is 54.7 Å². The van der Waals surface area contributed by atoms with E-state index < -0.39 is 0 Å². The summed E-state index contributed by atoms with van der Waals surface area (Å²) in [4.78, 5) is 15.6. The third-order valence-electron chi connectivity index (χ3n) is 6.43. The monoisotopic (exact) mass is 403 g/mol. The van der Waals surface area contributed by atoms with E-state index in [1.807, 2.05) is 24.4 Å². The van der Waals surface area contributed by atoms with E-state index in [1.165, 1.54) is 49.0 Å². The first-order chi connectivity index (χ1) is 14.2. The van der Waals surface area contributed by atoms with Crippen molar-refractivity contribution < 1.29 is 5.11 Å². The average Bonchev–Trinajstić information content (AvgIpc) is 3.26. The summed E-state index contributed by atoms with van der Waals surface area (Å²) < 4.78 is 0.743. The third-order valence-corrected chi connectivity index (χ3v) is 7.34. The van der Waals surface area contributed by atoms with Crippen LogP contribution in [0.15, 0.2) is 46.6 Å². The van der Waals surface area contributed by atoms with E-state index in [-0.39, 0.29) is 12.2 Å². The number of H-pyrrole nitrogens is 1. The van der Waals surface area contributed by atoms with Crippen LogP contribution in [0.4, 0.5) is 0 Å². The van der Waals surface area contributed by atoms with Gasteiger partial charge < -0.3 is 10.1 Å². The molecule has 148 valence electrons. The van der Waals surface area contributed by atoms with E-state index in [2.05, 4.69) is 29.2 Å². The van der Waals surface area contributed by atoms with Gasteiger partial charge in [-0.3, -0.25) is 4.79 Å². The Balaban J connectivity index is 1.74. The van der Waals surface area contributed by atoms with Gasteiger partial charge in [0.05, 0.1) is 12.1 Å². The van der Waals surface area contributed by atoms with Gasteiger partial charge in [0.25, 0.3) is 5.56 Å². The van der Waals surface area contributed by atoms with Gasteiger partial charge in [0, 0.05) is 10.8 Å². The molecule has 0 radical (unpaired) electrons. The van der Waals surface area contributed by atoms with Gasteiger partial charge >= 0.3 is 0 Å². The fourth-order valence-corrected chi connectivity index (χ4v) is 5.78. The number of thiophene rings is 1. The number of fused-ring (bicyclic) bond motifs is 3. The minimum absolute atomic E-state index is 0.0265. The molecule has 2 heterocycles. The van der Waals surface area contributed by atoms with Crippen LogP contribution in [0, 0.1) is 6.92 Å². The van der Waals surface area contributed by atoms with Crippen LogP contribution in [0.3, 0.4) is 0 Å². The Labute approximate surface area is 174 Å². The van der Waals surface area contributed by atoms with E-state index in [4.69, 9.17) is 0 Å². The molecule has 4 aromatic rings. The van der Waals surface area contributed by atoms with Crippen LogP contribution in [-0.2, 0) is 6.61 Å². The minimum Gasteiger partial charge on any atom is -0.392 e.